The summed E-state index contributed by atoms with van der Waals surface area (Å²) in [6.07, 6.45) is 3.19. The minimum absolute atomic E-state index is 0.0944. The van der Waals surface area contributed by atoms with Crippen LogP contribution in [0.3, 0.4) is 0 Å². The van der Waals surface area contributed by atoms with Crippen LogP contribution in [0.5, 0.6) is 0 Å². The molecule has 2 aliphatic heterocycles. The van der Waals surface area contributed by atoms with E-state index in [1.54, 1.807) is 4.90 Å². The number of carbonyl (C=O) groups is 1. The topological polar surface area (TPSA) is 71.7 Å². The number of piperidine rings is 1. The first-order valence-corrected chi connectivity index (χ1v) is 14.1. The van der Waals surface area contributed by atoms with Crippen LogP contribution in [-0.4, -0.2) is 70.5 Å². The largest absolute Gasteiger partial charge is 0.322 e. The second-order valence-electron chi connectivity index (χ2n) is 11.3. The number of hydrogen-bond acceptors (Lipinski definition) is 4. The summed E-state index contributed by atoms with van der Waals surface area (Å²) in [7, 11) is 1.86. The molecule has 3 heterocycles. The van der Waals surface area contributed by atoms with Gasteiger partial charge in [0.1, 0.15) is 11.6 Å². The highest BCUT2D eigenvalue weighted by Crippen LogP contribution is 2.45. The lowest BCUT2D eigenvalue weighted by molar-refractivity contribution is 0.0438. The van der Waals surface area contributed by atoms with Gasteiger partial charge in [0.25, 0.3) is 5.56 Å². The van der Waals surface area contributed by atoms with E-state index in [9.17, 15) is 18.4 Å². The van der Waals surface area contributed by atoms with Gasteiger partial charge < -0.3 is 20.1 Å². The Bertz CT molecular complexity index is 1440. The lowest BCUT2D eigenvalue weighted by atomic mass is 9.91. The lowest BCUT2D eigenvalue weighted by Gasteiger charge is -2.46. The van der Waals surface area contributed by atoms with Crippen LogP contribution >= 0.6 is 0 Å². The Balaban J connectivity index is 1.17. The molecule has 2 atom stereocenters. The summed E-state index contributed by atoms with van der Waals surface area (Å²) < 4.78 is 28.9. The van der Waals surface area contributed by atoms with Gasteiger partial charge in [-0.05, 0) is 62.6 Å². The van der Waals surface area contributed by atoms with Crippen molar-refractivity contribution in [2.75, 3.05) is 33.2 Å². The van der Waals surface area contributed by atoms with Gasteiger partial charge in [0.2, 0.25) is 0 Å². The van der Waals surface area contributed by atoms with Gasteiger partial charge in [-0.3, -0.25) is 9.69 Å². The number of halogens is 2. The summed E-state index contributed by atoms with van der Waals surface area (Å²) in [5, 5.41) is 3.24. The number of urea groups is 1. The molecule has 0 bridgehead atoms. The monoisotopic (exact) mass is 547 g/mol. The average Bonchev–Trinajstić information content (AvgIpc) is 3.75. The van der Waals surface area contributed by atoms with E-state index in [-0.39, 0.29) is 28.7 Å². The predicted molar refractivity (Wildman–Crippen MR) is 150 cm³/mol. The van der Waals surface area contributed by atoms with Crippen LogP contribution in [-0.2, 0) is 6.54 Å². The minimum atomic E-state index is -0.538. The van der Waals surface area contributed by atoms with E-state index >= 15 is 0 Å². The number of carbonyl (C=O) groups excluding carboxylic acids is 1. The molecule has 0 unspecified atom stereocenters. The van der Waals surface area contributed by atoms with Crippen molar-refractivity contribution in [3.05, 3.63) is 93.8 Å². The summed E-state index contributed by atoms with van der Waals surface area (Å²) in [4.78, 5) is 35.8. The van der Waals surface area contributed by atoms with E-state index in [2.05, 4.69) is 15.2 Å². The Morgan fingerprint density at radius 1 is 1.05 bits per heavy atom. The van der Waals surface area contributed by atoms with Crippen molar-refractivity contribution in [3.8, 4) is 11.3 Å². The smallest absolute Gasteiger partial charge is 0.320 e. The van der Waals surface area contributed by atoms with Crippen molar-refractivity contribution >= 4 is 6.03 Å². The summed E-state index contributed by atoms with van der Waals surface area (Å²) in [5.41, 5.74) is 2.45. The first-order valence-electron chi connectivity index (χ1n) is 14.1. The van der Waals surface area contributed by atoms with E-state index in [4.69, 9.17) is 0 Å². The molecular formula is C31H35F2N5O2. The summed E-state index contributed by atoms with van der Waals surface area (Å²) in [5.74, 6) is -0.999. The van der Waals surface area contributed by atoms with Gasteiger partial charge in [-0.2, -0.15) is 0 Å². The summed E-state index contributed by atoms with van der Waals surface area (Å²) in [6.45, 7) is 2.73. The van der Waals surface area contributed by atoms with Crippen LogP contribution in [0.1, 0.15) is 42.9 Å². The molecule has 2 aromatic carbocycles. The molecule has 1 spiro atoms. The van der Waals surface area contributed by atoms with Crippen molar-refractivity contribution in [1.29, 1.82) is 0 Å². The number of hydrogen-bond donors (Lipinski definition) is 2. The highest BCUT2D eigenvalue weighted by molar-refractivity contribution is 5.75. The molecule has 6 rings (SSSR count). The van der Waals surface area contributed by atoms with Crippen LogP contribution in [0.15, 0.2) is 65.5 Å². The fourth-order valence-electron chi connectivity index (χ4n) is 6.36. The standard InChI is InChI=1S/C31H35F2N5O2/c1-34-24-11-14-38(28(18-24)25-17-23(32)8-9-26(25)33)30(40)36-15-16-37(31(20-36)12-13-31)19-22-7-10-27(35-29(22)39)21-5-3-2-4-6-21/h2-10,17,24,28,34H,11-16,18-20H2,1H3,(H,35,39)/t24-,28+/m1/s1. The molecule has 2 N–H and O–H groups in total. The van der Waals surface area contributed by atoms with Gasteiger partial charge in [-0.25, -0.2) is 13.6 Å². The van der Waals surface area contributed by atoms with Gasteiger partial charge in [0.05, 0.1) is 6.04 Å². The molecular weight excluding hydrogens is 512 g/mol. The van der Waals surface area contributed by atoms with E-state index < -0.39 is 17.7 Å². The Morgan fingerprint density at radius 3 is 2.58 bits per heavy atom. The van der Waals surface area contributed by atoms with Crippen LogP contribution in [0, 0.1) is 11.6 Å². The number of benzene rings is 2. The van der Waals surface area contributed by atoms with Gasteiger partial charge >= 0.3 is 6.03 Å². The number of aromatic amines is 1. The molecule has 0 radical (unpaired) electrons. The number of aromatic nitrogens is 1. The fourth-order valence-corrected chi connectivity index (χ4v) is 6.36. The number of likely N-dealkylation sites (tertiary alicyclic amines) is 1. The second-order valence-corrected chi connectivity index (χ2v) is 11.3. The maximum absolute atomic E-state index is 14.8. The first-order chi connectivity index (χ1) is 19.4. The molecule has 210 valence electrons. The van der Waals surface area contributed by atoms with Crippen molar-refractivity contribution in [2.24, 2.45) is 0 Å². The number of H-pyrrole nitrogens is 1. The number of piperazine rings is 1. The zero-order valence-corrected chi connectivity index (χ0v) is 22.7. The fraction of sp³-hybridized carbons (Fsp3) is 0.419. The lowest BCUT2D eigenvalue weighted by Crippen LogP contribution is -2.60. The molecule has 2 saturated heterocycles. The molecule has 1 aliphatic carbocycles. The number of rotatable bonds is 5. The van der Waals surface area contributed by atoms with Crippen molar-refractivity contribution in [1.82, 2.24) is 25.0 Å². The third-order valence-corrected chi connectivity index (χ3v) is 8.90. The second kappa shape index (κ2) is 10.8. The van der Waals surface area contributed by atoms with Crippen molar-refractivity contribution < 1.29 is 13.6 Å². The molecule has 9 heteroatoms. The molecule has 3 aliphatic rings. The minimum Gasteiger partial charge on any atom is -0.322 e. The Kier molecular flexibility index (Phi) is 7.18. The van der Waals surface area contributed by atoms with Gasteiger partial charge in [0, 0.05) is 61.1 Å². The number of amides is 2. The van der Waals surface area contributed by atoms with Crippen LogP contribution < -0.4 is 10.9 Å². The van der Waals surface area contributed by atoms with Gasteiger partial charge in [-0.15, -0.1) is 0 Å². The molecule has 1 saturated carbocycles. The Hall–Kier alpha value is -3.56. The molecule has 3 fully saturated rings. The van der Waals surface area contributed by atoms with Crippen LogP contribution in [0.4, 0.5) is 13.6 Å². The summed E-state index contributed by atoms with van der Waals surface area (Å²) >= 11 is 0. The number of nitrogens with one attached hydrogen (secondary N) is 2. The Morgan fingerprint density at radius 2 is 1.85 bits per heavy atom. The van der Waals surface area contributed by atoms with Gasteiger partial charge in [-0.1, -0.05) is 36.4 Å². The third-order valence-electron chi connectivity index (χ3n) is 8.90. The molecule has 7 nitrogen and oxygen atoms in total. The average molecular weight is 548 g/mol. The SMILES string of the molecule is CN[C@@H]1CCN(C(=O)N2CCN(Cc3ccc(-c4ccccc4)[nH]c3=O)C3(CC3)C2)[C@H](c2cc(F)ccc2F)C1. The highest BCUT2D eigenvalue weighted by Gasteiger charge is 2.52. The predicted octanol–water partition coefficient (Wildman–Crippen LogP) is 4.52. The van der Waals surface area contributed by atoms with E-state index in [0.717, 1.165) is 42.7 Å². The zero-order valence-electron chi connectivity index (χ0n) is 22.7. The maximum atomic E-state index is 14.8. The third kappa shape index (κ3) is 5.15. The van der Waals surface area contributed by atoms with E-state index in [1.807, 2.05) is 54.4 Å². The van der Waals surface area contributed by atoms with Crippen LogP contribution in [0.25, 0.3) is 11.3 Å². The number of nitrogens with zero attached hydrogens (tertiary/aromatic N) is 3. The number of pyridine rings is 1. The molecule has 1 aromatic heterocycles. The quantitative estimate of drug-likeness (QED) is 0.493. The van der Waals surface area contributed by atoms with Gasteiger partial charge in [0.15, 0.2) is 0 Å². The zero-order chi connectivity index (χ0) is 27.9. The molecule has 3 aromatic rings. The van der Waals surface area contributed by atoms with Crippen molar-refractivity contribution in [3.63, 3.8) is 0 Å². The molecule has 40 heavy (non-hydrogen) atoms. The van der Waals surface area contributed by atoms with Crippen molar-refractivity contribution in [2.45, 2.75) is 49.9 Å². The van der Waals surface area contributed by atoms with E-state index in [0.29, 0.717) is 44.7 Å². The normalized spacial score (nSPS) is 22.5. The van der Waals surface area contributed by atoms with E-state index in [1.165, 1.54) is 6.07 Å². The molecule has 2 amide bonds. The first kappa shape index (κ1) is 26.7. The maximum Gasteiger partial charge on any atom is 0.320 e. The van der Waals surface area contributed by atoms with Crippen LogP contribution in [0.2, 0.25) is 0 Å². The Labute approximate surface area is 232 Å². The summed E-state index contributed by atoms with van der Waals surface area (Å²) in [6, 6.07) is 16.5. The highest BCUT2D eigenvalue weighted by atomic mass is 19.1.